The fraction of sp³-hybridized carbons (Fsp3) is 0.158. The molecule has 6 heteroatoms. The van der Waals surface area contributed by atoms with Gasteiger partial charge in [0.15, 0.2) is 0 Å². The van der Waals surface area contributed by atoms with E-state index in [1.165, 1.54) is 0 Å². The fourth-order valence-electron chi connectivity index (χ4n) is 2.52. The lowest BCUT2D eigenvalue weighted by Crippen LogP contribution is -2.13. The lowest BCUT2D eigenvalue weighted by molar-refractivity contribution is -0.139. The summed E-state index contributed by atoms with van der Waals surface area (Å²) < 4.78 is 1.72. The SMILES string of the molecule is O=C(O)CC(C(=O)O)=C(Cc1ccccc1Br)Cc1ccccc1Br. The lowest BCUT2D eigenvalue weighted by atomic mass is 9.92. The van der Waals surface area contributed by atoms with E-state index >= 15 is 0 Å². The largest absolute Gasteiger partial charge is 0.481 e. The summed E-state index contributed by atoms with van der Waals surface area (Å²) in [6, 6.07) is 15.0. The molecule has 4 nitrogen and oxygen atoms in total. The second-order valence-corrected chi connectivity index (χ2v) is 7.20. The third kappa shape index (κ3) is 5.54. The first-order valence-corrected chi connectivity index (χ1v) is 9.10. The number of carboxylic acids is 2. The summed E-state index contributed by atoms with van der Waals surface area (Å²) in [5.74, 6) is -2.36. The highest BCUT2D eigenvalue weighted by atomic mass is 79.9. The summed E-state index contributed by atoms with van der Waals surface area (Å²) in [5.41, 5.74) is 2.33. The predicted molar refractivity (Wildman–Crippen MR) is 103 cm³/mol. The Morgan fingerprint density at radius 1 is 0.800 bits per heavy atom. The summed E-state index contributed by atoms with van der Waals surface area (Å²) in [6.07, 6.45) is 0.203. The Morgan fingerprint density at radius 2 is 1.24 bits per heavy atom. The van der Waals surface area contributed by atoms with Gasteiger partial charge in [-0.15, -0.1) is 0 Å². The van der Waals surface area contributed by atoms with Crippen LogP contribution in [-0.4, -0.2) is 22.2 Å². The summed E-state index contributed by atoms with van der Waals surface area (Å²) in [6.45, 7) is 0. The highest BCUT2D eigenvalue weighted by Gasteiger charge is 2.19. The maximum absolute atomic E-state index is 11.7. The molecule has 0 saturated heterocycles. The molecule has 2 aromatic rings. The summed E-state index contributed by atoms with van der Waals surface area (Å²) >= 11 is 6.93. The molecule has 0 aliphatic carbocycles. The third-order valence-corrected chi connectivity index (χ3v) is 5.28. The number of rotatable bonds is 7. The molecule has 0 spiro atoms. The minimum atomic E-state index is -1.20. The molecule has 0 bridgehead atoms. The molecule has 0 fully saturated rings. The molecule has 0 amide bonds. The first kappa shape index (κ1) is 19.4. The van der Waals surface area contributed by atoms with Gasteiger partial charge < -0.3 is 10.2 Å². The predicted octanol–water partition coefficient (Wildman–Crippen LogP) is 4.85. The molecule has 0 heterocycles. The van der Waals surface area contributed by atoms with Crippen LogP contribution in [0.4, 0.5) is 0 Å². The third-order valence-electron chi connectivity index (χ3n) is 3.74. The first-order chi connectivity index (χ1) is 11.9. The van der Waals surface area contributed by atoms with Crippen LogP contribution in [0.3, 0.4) is 0 Å². The molecule has 0 atom stereocenters. The van der Waals surface area contributed by atoms with E-state index in [9.17, 15) is 14.7 Å². The van der Waals surface area contributed by atoms with Crippen LogP contribution in [0.25, 0.3) is 0 Å². The van der Waals surface area contributed by atoms with Crippen molar-refractivity contribution in [2.45, 2.75) is 19.3 Å². The molecule has 0 aliphatic rings. The van der Waals surface area contributed by atoms with Crippen LogP contribution in [0, 0.1) is 0 Å². The minimum Gasteiger partial charge on any atom is -0.481 e. The molecular formula is C19H16Br2O4. The first-order valence-electron chi connectivity index (χ1n) is 7.51. The Hall–Kier alpha value is -1.92. The second-order valence-electron chi connectivity index (χ2n) is 5.49. The van der Waals surface area contributed by atoms with E-state index in [0.717, 1.165) is 20.1 Å². The van der Waals surface area contributed by atoms with E-state index < -0.39 is 18.4 Å². The number of hydrogen-bond acceptors (Lipinski definition) is 2. The van der Waals surface area contributed by atoms with Crippen LogP contribution < -0.4 is 0 Å². The van der Waals surface area contributed by atoms with Crippen LogP contribution in [-0.2, 0) is 22.4 Å². The summed E-state index contributed by atoms with van der Waals surface area (Å²) in [4.78, 5) is 22.8. The maximum Gasteiger partial charge on any atom is 0.332 e. The number of aliphatic carboxylic acids is 2. The van der Waals surface area contributed by atoms with Crippen molar-refractivity contribution in [2.75, 3.05) is 0 Å². The quantitative estimate of drug-likeness (QED) is 0.570. The molecular weight excluding hydrogens is 452 g/mol. The highest BCUT2D eigenvalue weighted by molar-refractivity contribution is 9.10. The van der Waals surface area contributed by atoms with Gasteiger partial charge in [-0.05, 0) is 36.1 Å². The van der Waals surface area contributed by atoms with E-state index in [1.54, 1.807) is 0 Å². The number of benzene rings is 2. The topological polar surface area (TPSA) is 74.6 Å². The Kier molecular flexibility index (Phi) is 6.96. The molecule has 0 aliphatic heterocycles. The number of halogens is 2. The van der Waals surface area contributed by atoms with E-state index in [2.05, 4.69) is 31.9 Å². The van der Waals surface area contributed by atoms with Gasteiger partial charge in [0.2, 0.25) is 0 Å². The zero-order valence-corrected chi connectivity index (χ0v) is 16.4. The highest BCUT2D eigenvalue weighted by Crippen LogP contribution is 2.27. The molecule has 0 aromatic heterocycles. The average Bonchev–Trinajstić information content (AvgIpc) is 2.55. The lowest BCUT2D eigenvalue weighted by Gasteiger charge is -2.14. The molecule has 0 saturated carbocycles. The van der Waals surface area contributed by atoms with Crippen LogP contribution in [0.15, 0.2) is 68.6 Å². The average molecular weight is 468 g/mol. The Labute approximate surface area is 162 Å². The van der Waals surface area contributed by atoms with E-state index in [-0.39, 0.29) is 5.57 Å². The Bertz CT molecular complexity index is 778. The molecule has 2 aromatic carbocycles. The normalized spacial score (nSPS) is 10.3. The Balaban J connectivity index is 2.50. The van der Waals surface area contributed by atoms with Crippen LogP contribution in [0.1, 0.15) is 17.5 Å². The Morgan fingerprint density at radius 3 is 1.60 bits per heavy atom. The monoisotopic (exact) mass is 466 g/mol. The maximum atomic E-state index is 11.7. The van der Waals surface area contributed by atoms with Crippen molar-refractivity contribution >= 4 is 43.8 Å². The fourth-order valence-corrected chi connectivity index (χ4v) is 3.37. The van der Waals surface area contributed by atoms with Gasteiger partial charge in [0.05, 0.1) is 6.42 Å². The van der Waals surface area contributed by atoms with Gasteiger partial charge >= 0.3 is 11.9 Å². The number of hydrogen-bond donors (Lipinski definition) is 2. The van der Waals surface area contributed by atoms with Gasteiger partial charge in [-0.1, -0.05) is 73.8 Å². The van der Waals surface area contributed by atoms with Gasteiger partial charge in [-0.25, -0.2) is 4.79 Å². The molecule has 25 heavy (non-hydrogen) atoms. The van der Waals surface area contributed by atoms with Crippen molar-refractivity contribution in [3.8, 4) is 0 Å². The standard InChI is InChI=1S/C19H16Br2O4/c20-16-7-3-1-5-12(16)9-14(15(19(24)25)11-18(22)23)10-13-6-2-4-8-17(13)21/h1-8H,9-11H2,(H,22,23)(H,24,25). The molecule has 2 rings (SSSR count). The number of carbonyl (C=O) groups is 2. The smallest absolute Gasteiger partial charge is 0.332 e. The van der Waals surface area contributed by atoms with Crippen LogP contribution >= 0.6 is 31.9 Å². The zero-order valence-electron chi connectivity index (χ0n) is 13.2. The van der Waals surface area contributed by atoms with Gasteiger partial charge in [0, 0.05) is 14.5 Å². The zero-order chi connectivity index (χ0) is 18.4. The van der Waals surface area contributed by atoms with Crippen molar-refractivity contribution in [2.24, 2.45) is 0 Å². The van der Waals surface area contributed by atoms with E-state index in [1.807, 2.05) is 48.5 Å². The van der Waals surface area contributed by atoms with Crippen LogP contribution in [0.5, 0.6) is 0 Å². The number of allylic oxidation sites excluding steroid dienone is 1. The molecule has 130 valence electrons. The van der Waals surface area contributed by atoms with Gasteiger partial charge in [0.1, 0.15) is 0 Å². The van der Waals surface area contributed by atoms with Crippen molar-refractivity contribution in [3.63, 3.8) is 0 Å². The molecule has 2 N–H and O–H groups in total. The van der Waals surface area contributed by atoms with Crippen molar-refractivity contribution in [1.29, 1.82) is 0 Å². The van der Waals surface area contributed by atoms with Gasteiger partial charge in [-0.3, -0.25) is 4.79 Å². The number of carboxylic acid groups (broad SMARTS) is 2. The second kappa shape index (κ2) is 8.97. The van der Waals surface area contributed by atoms with Crippen molar-refractivity contribution in [3.05, 3.63) is 79.7 Å². The van der Waals surface area contributed by atoms with Crippen molar-refractivity contribution < 1.29 is 19.8 Å². The van der Waals surface area contributed by atoms with E-state index in [4.69, 9.17) is 5.11 Å². The van der Waals surface area contributed by atoms with Crippen molar-refractivity contribution in [1.82, 2.24) is 0 Å². The van der Waals surface area contributed by atoms with Gasteiger partial charge in [-0.2, -0.15) is 0 Å². The van der Waals surface area contributed by atoms with E-state index in [0.29, 0.717) is 18.4 Å². The summed E-state index contributed by atoms with van der Waals surface area (Å²) in [5, 5.41) is 18.6. The van der Waals surface area contributed by atoms with Gasteiger partial charge in [0.25, 0.3) is 0 Å². The van der Waals surface area contributed by atoms with Crippen LogP contribution in [0.2, 0.25) is 0 Å². The minimum absolute atomic E-state index is 0.0704. The summed E-state index contributed by atoms with van der Waals surface area (Å²) in [7, 11) is 0. The molecule has 0 radical (unpaired) electrons. The molecule has 0 unspecified atom stereocenters.